The van der Waals surface area contributed by atoms with Crippen LogP contribution in [0.1, 0.15) is 20.3 Å². The topological polar surface area (TPSA) is 9.23 Å². The molecule has 0 aliphatic carbocycles. The first kappa shape index (κ1) is 5.96. The van der Waals surface area contributed by atoms with Crippen molar-refractivity contribution in [2.45, 2.75) is 26.4 Å². The van der Waals surface area contributed by atoms with Crippen LogP contribution in [-0.2, 0) is 4.74 Å². The number of hydrogen-bond donors (Lipinski definition) is 0. The fraction of sp³-hybridized carbons (Fsp3) is 0.800. The quantitative estimate of drug-likeness (QED) is 0.497. The minimum atomic E-state index is 0.324. The lowest BCUT2D eigenvalue weighted by atomic mass is 10.3. The Kier molecular flexibility index (Phi) is 3.14. The van der Waals surface area contributed by atoms with E-state index in [4.69, 9.17) is 0 Å². The molecule has 0 spiro atoms. The first-order valence-electron chi connectivity index (χ1n) is 2.22. The maximum absolute atomic E-state index is 4.65. The van der Waals surface area contributed by atoms with Gasteiger partial charge in [-0.2, -0.15) is 0 Å². The van der Waals surface area contributed by atoms with Gasteiger partial charge in [0.05, 0.1) is 13.2 Å². The van der Waals surface area contributed by atoms with Gasteiger partial charge in [0.25, 0.3) is 0 Å². The minimum Gasteiger partial charge on any atom is -0.376 e. The summed E-state index contributed by atoms with van der Waals surface area (Å²) in [7, 11) is 3.26. The van der Waals surface area contributed by atoms with Crippen LogP contribution in [0.3, 0.4) is 0 Å². The molecule has 0 aromatic rings. The summed E-state index contributed by atoms with van der Waals surface area (Å²) in [6, 6.07) is 0. The molecule has 0 aliphatic rings. The summed E-state index contributed by atoms with van der Waals surface area (Å²) in [4.78, 5) is 0. The van der Waals surface area contributed by atoms with Crippen LogP contribution in [-0.4, -0.2) is 6.10 Å². The third-order valence-electron chi connectivity index (χ3n) is 0.859. The zero-order valence-electron chi connectivity index (χ0n) is 4.40. The van der Waals surface area contributed by atoms with E-state index >= 15 is 0 Å². The Balaban J connectivity index is 2.75. The molecule has 0 saturated carbocycles. The first-order chi connectivity index (χ1) is 2.81. The van der Waals surface area contributed by atoms with Gasteiger partial charge in [0.15, 0.2) is 0 Å². The van der Waals surface area contributed by atoms with Gasteiger partial charge in [0.2, 0.25) is 0 Å². The first-order valence-corrected chi connectivity index (χ1v) is 2.22. The van der Waals surface area contributed by atoms with Gasteiger partial charge in [-0.3, -0.25) is 0 Å². The highest BCUT2D eigenvalue weighted by molar-refractivity contribution is 4.40. The Morgan fingerprint density at radius 3 is 2.33 bits per heavy atom. The van der Waals surface area contributed by atoms with E-state index in [1.54, 1.807) is 0 Å². The summed E-state index contributed by atoms with van der Waals surface area (Å²) in [6.07, 6.45) is 1.37. The van der Waals surface area contributed by atoms with Crippen molar-refractivity contribution >= 4 is 0 Å². The molecule has 0 rings (SSSR count). The second kappa shape index (κ2) is 3.16. The number of hydrogen-bond acceptors (Lipinski definition) is 1. The molecule has 1 nitrogen and oxygen atoms in total. The summed E-state index contributed by atoms with van der Waals surface area (Å²) in [5.41, 5.74) is 0. The largest absolute Gasteiger partial charge is 0.376 e. The van der Waals surface area contributed by atoms with E-state index in [0.717, 1.165) is 6.42 Å². The zero-order chi connectivity index (χ0) is 4.99. The van der Waals surface area contributed by atoms with Crippen molar-refractivity contribution in [1.29, 1.82) is 0 Å². The van der Waals surface area contributed by atoms with Gasteiger partial charge in [-0.15, -0.1) is 0 Å². The van der Waals surface area contributed by atoms with E-state index in [1.165, 1.54) is 0 Å². The maximum Gasteiger partial charge on any atom is 0.0704 e. The van der Waals surface area contributed by atoms with E-state index in [2.05, 4.69) is 18.8 Å². The third-order valence-corrected chi connectivity index (χ3v) is 0.859. The Labute approximate surface area is 39.3 Å². The SMILES string of the molecule is [CH2]O[C@@H](C)CC. The van der Waals surface area contributed by atoms with Crippen molar-refractivity contribution in [3.8, 4) is 0 Å². The highest BCUT2D eigenvalue weighted by Crippen LogP contribution is 1.91. The molecule has 0 amide bonds. The zero-order valence-corrected chi connectivity index (χ0v) is 4.40. The van der Waals surface area contributed by atoms with Gasteiger partial charge >= 0.3 is 0 Å². The van der Waals surface area contributed by atoms with Crippen molar-refractivity contribution < 1.29 is 4.74 Å². The summed E-state index contributed by atoms with van der Waals surface area (Å²) in [6.45, 7) is 4.06. The fourth-order valence-electron chi connectivity index (χ4n) is 0.118. The van der Waals surface area contributed by atoms with E-state index in [0.29, 0.717) is 6.10 Å². The summed E-state index contributed by atoms with van der Waals surface area (Å²) in [5, 5.41) is 0. The van der Waals surface area contributed by atoms with Gasteiger partial charge in [-0.25, -0.2) is 0 Å². The molecule has 37 valence electrons. The second-order valence-corrected chi connectivity index (χ2v) is 1.39. The molecule has 0 aliphatic heterocycles. The molecule has 1 atom stereocenters. The summed E-state index contributed by atoms with van der Waals surface area (Å²) in [5.74, 6) is 0. The third kappa shape index (κ3) is 2.21. The Morgan fingerprint density at radius 2 is 2.33 bits per heavy atom. The van der Waals surface area contributed by atoms with Gasteiger partial charge in [-0.05, 0) is 13.3 Å². The lowest BCUT2D eigenvalue weighted by molar-refractivity contribution is 0.151. The van der Waals surface area contributed by atoms with Crippen LogP contribution in [0.25, 0.3) is 0 Å². The monoisotopic (exact) mass is 87.1 g/mol. The van der Waals surface area contributed by atoms with Crippen LogP contribution in [0.2, 0.25) is 0 Å². The van der Waals surface area contributed by atoms with Gasteiger partial charge < -0.3 is 4.74 Å². The summed E-state index contributed by atoms with van der Waals surface area (Å²) < 4.78 is 4.65. The fourth-order valence-corrected chi connectivity index (χ4v) is 0.118. The van der Waals surface area contributed by atoms with Crippen LogP contribution in [0.15, 0.2) is 0 Å². The van der Waals surface area contributed by atoms with E-state index in [-0.39, 0.29) is 0 Å². The molecule has 1 radical (unpaired) electrons. The van der Waals surface area contributed by atoms with Crippen molar-refractivity contribution in [2.24, 2.45) is 0 Å². The molecular weight excluding hydrogens is 76.1 g/mol. The molecule has 0 saturated heterocycles. The van der Waals surface area contributed by atoms with E-state index in [1.807, 2.05) is 6.92 Å². The molecule has 0 unspecified atom stereocenters. The Bertz CT molecular complexity index is 23.1. The van der Waals surface area contributed by atoms with Crippen LogP contribution >= 0.6 is 0 Å². The van der Waals surface area contributed by atoms with E-state index < -0.39 is 0 Å². The van der Waals surface area contributed by atoms with Crippen LogP contribution in [0, 0.1) is 7.11 Å². The lowest BCUT2D eigenvalue weighted by Gasteiger charge is -2.01. The Hall–Kier alpha value is -0.0400. The minimum absolute atomic E-state index is 0.324. The normalized spacial score (nSPS) is 14.5. The molecular formula is C5H11O. The average molecular weight is 87.1 g/mol. The Morgan fingerprint density at radius 1 is 1.83 bits per heavy atom. The molecule has 0 fully saturated rings. The average Bonchev–Trinajstić information content (AvgIpc) is 1.65. The summed E-state index contributed by atoms with van der Waals surface area (Å²) >= 11 is 0. The smallest absolute Gasteiger partial charge is 0.0704 e. The standard InChI is InChI=1S/C5H11O/c1-4-5(2)6-3/h5H,3-4H2,1-2H3/t5-/m0/s1. The van der Waals surface area contributed by atoms with Crippen molar-refractivity contribution in [1.82, 2.24) is 0 Å². The van der Waals surface area contributed by atoms with Crippen LogP contribution < -0.4 is 0 Å². The van der Waals surface area contributed by atoms with Crippen LogP contribution in [0.4, 0.5) is 0 Å². The van der Waals surface area contributed by atoms with Gasteiger partial charge in [0, 0.05) is 0 Å². The molecule has 0 bridgehead atoms. The maximum atomic E-state index is 4.65. The molecule has 1 heteroatoms. The number of ether oxygens (including phenoxy) is 1. The molecule has 0 aromatic heterocycles. The molecule has 0 heterocycles. The van der Waals surface area contributed by atoms with Crippen molar-refractivity contribution in [2.75, 3.05) is 0 Å². The molecule has 0 N–H and O–H groups in total. The van der Waals surface area contributed by atoms with Crippen LogP contribution in [0.5, 0.6) is 0 Å². The van der Waals surface area contributed by atoms with Crippen molar-refractivity contribution in [3.63, 3.8) is 0 Å². The predicted octanol–water partition coefficient (Wildman–Crippen LogP) is 1.59. The van der Waals surface area contributed by atoms with Gasteiger partial charge in [0.1, 0.15) is 0 Å². The molecule has 0 aromatic carbocycles. The second-order valence-electron chi connectivity index (χ2n) is 1.39. The highest BCUT2D eigenvalue weighted by Gasteiger charge is 1.88. The molecule has 6 heavy (non-hydrogen) atoms. The highest BCUT2D eigenvalue weighted by atomic mass is 16.5. The van der Waals surface area contributed by atoms with Crippen molar-refractivity contribution in [3.05, 3.63) is 7.11 Å². The number of rotatable bonds is 2. The predicted molar refractivity (Wildman–Crippen MR) is 26.2 cm³/mol. The lowest BCUT2D eigenvalue weighted by Crippen LogP contribution is -1.98. The van der Waals surface area contributed by atoms with Gasteiger partial charge in [-0.1, -0.05) is 6.92 Å². The van der Waals surface area contributed by atoms with E-state index in [9.17, 15) is 0 Å².